The highest BCUT2D eigenvalue weighted by Gasteiger charge is 2.38. The van der Waals surface area contributed by atoms with Gasteiger partial charge in [-0.25, -0.2) is 0 Å². The average molecular weight is 404 g/mol. The van der Waals surface area contributed by atoms with Crippen LogP contribution >= 0.6 is 0 Å². The summed E-state index contributed by atoms with van der Waals surface area (Å²) in [5, 5.41) is 16.3. The molecule has 0 saturated heterocycles. The number of rotatable bonds is 6. The molecule has 0 fully saturated rings. The molecule has 3 aromatic rings. The first-order chi connectivity index (χ1) is 13.7. The van der Waals surface area contributed by atoms with Crippen molar-refractivity contribution in [2.24, 2.45) is 0 Å². The smallest absolute Gasteiger partial charge is 0.433 e. The van der Waals surface area contributed by atoms with E-state index in [2.05, 4.69) is 16.8 Å². The van der Waals surface area contributed by atoms with Gasteiger partial charge in [0, 0.05) is 17.2 Å². The Balaban J connectivity index is 2.10. The fourth-order valence-corrected chi connectivity index (χ4v) is 2.79. The third-order valence-electron chi connectivity index (χ3n) is 4.14. The summed E-state index contributed by atoms with van der Waals surface area (Å²) in [5.41, 5.74) is 0.0313. The van der Waals surface area contributed by atoms with Crippen molar-refractivity contribution < 1.29 is 27.8 Å². The van der Waals surface area contributed by atoms with Gasteiger partial charge in [-0.15, -0.1) is 0 Å². The van der Waals surface area contributed by atoms with E-state index in [9.17, 15) is 18.3 Å². The van der Waals surface area contributed by atoms with Crippen LogP contribution in [0.2, 0.25) is 0 Å². The molecular weight excluding hydrogens is 385 g/mol. The lowest BCUT2D eigenvalue weighted by molar-refractivity contribution is -0.140. The van der Waals surface area contributed by atoms with Gasteiger partial charge in [-0.1, -0.05) is 18.7 Å². The first-order valence-electron chi connectivity index (χ1n) is 8.61. The number of hydrogen-bond acceptors (Lipinski definition) is 4. The van der Waals surface area contributed by atoms with Crippen molar-refractivity contribution >= 4 is 0 Å². The Morgan fingerprint density at radius 2 is 1.79 bits per heavy atom. The lowest BCUT2D eigenvalue weighted by Gasteiger charge is -2.12. The van der Waals surface area contributed by atoms with E-state index in [1.165, 1.54) is 31.4 Å². The maximum atomic E-state index is 13.6. The maximum Gasteiger partial charge on any atom is 0.433 e. The lowest BCUT2D eigenvalue weighted by Crippen LogP contribution is -2.07. The SMILES string of the molecule is C=C(C)COc1ccc(-c2n[nH]c(C(F)(F)F)c2-c2ccc(OC)cc2)c(O)c1. The van der Waals surface area contributed by atoms with Crippen molar-refractivity contribution in [1.29, 1.82) is 0 Å². The number of aromatic nitrogens is 2. The Labute approximate surface area is 165 Å². The van der Waals surface area contributed by atoms with Gasteiger partial charge in [-0.05, 0) is 42.3 Å². The molecule has 0 amide bonds. The van der Waals surface area contributed by atoms with Gasteiger partial charge in [-0.2, -0.15) is 18.3 Å². The summed E-state index contributed by atoms with van der Waals surface area (Å²) in [6, 6.07) is 10.5. The molecule has 0 aliphatic rings. The number of halogens is 3. The van der Waals surface area contributed by atoms with Crippen molar-refractivity contribution in [3.05, 3.63) is 60.3 Å². The van der Waals surface area contributed by atoms with Gasteiger partial charge in [0.25, 0.3) is 0 Å². The first-order valence-corrected chi connectivity index (χ1v) is 8.61. The molecule has 2 aromatic carbocycles. The summed E-state index contributed by atoms with van der Waals surface area (Å²) in [6.45, 7) is 5.77. The second-order valence-corrected chi connectivity index (χ2v) is 6.47. The van der Waals surface area contributed by atoms with Gasteiger partial charge in [0.2, 0.25) is 0 Å². The van der Waals surface area contributed by atoms with E-state index in [1.54, 1.807) is 25.1 Å². The lowest BCUT2D eigenvalue weighted by atomic mass is 9.98. The Kier molecular flexibility index (Phi) is 5.54. The normalized spacial score (nSPS) is 11.3. The van der Waals surface area contributed by atoms with Gasteiger partial charge in [0.15, 0.2) is 0 Å². The molecule has 8 heteroatoms. The molecule has 0 aliphatic carbocycles. The number of H-pyrrole nitrogens is 1. The highest BCUT2D eigenvalue weighted by Crippen LogP contribution is 2.44. The summed E-state index contributed by atoms with van der Waals surface area (Å²) >= 11 is 0. The van der Waals surface area contributed by atoms with Crippen molar-refractivity contribution in [3.63, 3.8) is 0 Å². The van der Waals surface area contributed by atoms with Gasteiger partial charge in [0.05, 0.1) is 7.11 Å². The molecule has 0 aliphatic heterocycles. The van der Waals surface area contributed by atoms with Crippen molar-refractivity contribution in [2.45, 2.75) is 13.1 Å². The topological polar surface area (TPSA) is 67.4 Å². The van der Waals surface area contributed by atoms with Gasteiger partial charge >= 0.3 is 6.18 Å². The van der Waals surface area contributed by atoms with Gasteiger partial charge in [0.1, 0.15) is 35.2 Å². The number of methoxy groups -OCH3 is 1. The Hall–Kier alpha value is -3.42. The molecule has 0 radical (unpaired) electrons. The number of nitrogens with zero attached hydrogens (tertiary/aromatic N) is 1. The van der Waals surface area contributed by atoms with Crippen molar-refractivity contribution in [1.82, 2.24) is 10.2 Å². The summed E-state index contributed by atoms with van der Waals surface area (Å²) in [4.78, 5) is 0. The number of ether oxygens (including phenoxy) is 2. The maximum absolute atomic E-state index is 13.6. The predicted octanol–water partition coefficient (Wildman–Crippen LogP) is 5.43. The average Bonchev–Trinajstić information content (AvgIpc) is 3.11. The minimum absolute atomic E-state index is 0.0218. The van der Waals surface area contributed by atoms with Crippen molar-refractivity contribution in [2.75, 3.05) is 13.7 Å². The minimum atomic E-state index is -4.65. The summed E-state index contributed by atoms with van der Waals surface area (Å²) in [5.74, 6) is 0.625. The minimum Gasteiger partial charge on any atom is -0.507 e. The Bertz CT molecular complexity index is 1020. The first kappa shape index (κ1) is 20.3. The van der Waals surface area contributed by atoms with E-state index in [4.69, 9.17) is 9.47 Å². The molecule has 1 heterocycles. The van der Waals surface area contributed by atoms with Crippen LogP contribution in [0.15, 0.2) is 54.6 Å². The van der Waals surface area contributed by atoms with Crippen LogP contribution in [0.3, 0.4) is 0 Å². The van der Waals surface area contributed by atoms with Crippen LogP contribution in [-0.4, -0.2) is 29.0 Å². The molecule has 29 heavy (non-hydrogen) atoms. The van der Waals surface area contributed by atoms with E-state index in [-0.39, 0.29) is 34.7 Å². The summed E-state index contributed by atoms with van der Waals surface area (Å²) in [6.07, 6.45) is -4.65. The predicted molar refractivity (Wildman–Crippen MR) is 103 cm³/mol. The molecular formula is C21H19F3N2O3. The Morgan fingerprint density at radius 1 is 1.14 bits per heavy atom. The molecule has 2 N–H and O–H groups in total. The van der Waals surface area contributed by atoms with E-state index in [0.717, 1.165) is 5.57 Å². The van der Waals surface area contributed by atoms with Crippen LogP contribution in [0.1, 0.15) is 12.6 Å². The number of benzene rings is 2. The summed E-state index contributed by atoms with van der Waals surface area (Å²) in [7, 11) is 1.47. The molecule has 3 rings (SSSR count). The molecule has 152 valence electrons. The summed E-state index contributed by atoms with van der Waals surface area (Å²) < 4.78 is 51.2. The van der Waals surface area contributed by atoms with E-state index in [1.807, 2.05) is 0 Å². The molecule has 5 nitrogen and oxygen atoms in total. The van der Waals surface area contributed by atoms with Crippen LogP contribution < -0.4 is 9.47 Å². The van der Waals surface area contributed by atoms with Crippen LogP contribution in [0.4, 0.5) is 13.2 Å². The molecule has 0 bridgehead atoms. The van der Waals surface area contributed by atoms with Crippen LogP contribution in [-0.2, 0) is 6.18 Å². The number of alkyl halides is 3. The standard InChI is InChI=1S/C21H19F3N2O3/c1-12(2)11-29-15-8-9-16(17(27)10-15)19-18(20(26-25-19)21(22,23)24)13-4-6-14(28-3)7-5-13/h4-10,27H,1,11H2,2-3H3,(H,25,26). The number of hydrogen-bond donors (Lipinski definition) is 2. The third kappa shape index (κ3) is 4.37. The largest absolute Gasteiger partial charge is 0.507 e. The van der Waals surface area contributed by atoms with Crippen LogP contribution in [0.5, 0.6) is 17.2 Å². The van der Waals surface area contributed by atoms with E-state index >= 15 is 0 Å². The number of aromatic hydroxyl groups is 1. The van der Waals surface area contributed by atoms with Crippen LogP contribution in [0.25, 0.3) is 22.4 Å². The zero-order valence-electron chi connectivity index (χ0n) is 15.8. The van der Waals surface area contributed by atoms with Crippen LogP contribution in [0, 0.1) is 0 Å². The van der Waals surface area contributed by atoms with Gasteiger partial charge < -0.3 is 14.6 Å². The molecule has 0 atom stereocenters. The van der Waals surface area contributed by atoms with E-state index in [0.29, 0.717) is 11.5 Å². The van der Waals surface area contributed by atoms with Gasteiger partial charge in [-0.3, -0.25) is 5.10 Å². The molecule has 0 spiro atoms. The zero-order valence-corrected chi connectivity index (χ0v) is 15.8. The highest BCUT2D eigenvalue weighted by atomic mass is 19.4. The van der Waals surface area contributed by atoms with Crippen molar-refractivity contribution in [3.8, 4) is 39.6 Å². The van der Waals surface area contributed by atoms with E-state index < -0.39 is 11.9 Å². The molecule has 0 unspecified atom stereocenters. The quantitative estimate of drug-likeness (QED) is 0.538. The number of nitrogens with one attached hydrogen (secondary N) is 1. The highest BCUT2D eigenvalue weighted by molar-refractivity contribution is 5.85. The Morgan fingerprint density at radius 3 is 2.34 bits per heavy atom. The monoisotopic (exact) mass is 404 g/mol. The second kappa shape index (κ2) is 7.90. The third-order valence-corrected chi connectivity index (χ3v) is 4.14. The second-order valence-electron chi connectivity index (χ2n) is 6.47. The number of phenols is 1. The molecule has 1 aromatic heterocycles. The fourth-order valence-electron chi connectivity index (χ4n) is 2.79. The zero-order chi connectivity index (χ0) is 21.2. The number of phenolic OH excluding ortho intramolecular Hbond substituents is 1. The fraction of sp³-hybridized carbons (Fsp3) is 0.190. The number of aromatic amines is 1. The molecule has 0 saturated carbocycles.